The first kappa shape index (κ1) is 18.8. The molecule has 0 aliphatic carbocycles. The predicted molar refractivity (Wildman–Crippen MR) is 104 cm³/mol. The Hall–Kier alpha value is -2.54. The van der Waals surface area contributed by atoms with Gasteiger partial charge in [-0.15, -0.1) is 0 Å². The van der Waals surface area contributed by atoms with Crippen molar-refractivity contribution in [3.05, 3.63) is 29.7 Å². The molecule has 0 radical (unpaired) electrons. The van der Waals surface area contributed by atoms with Crippen LogP contribution in [0.15, 0.2) is 22.6 Å². The molecule has 0 bridgehead atoms. The topological polar surface area (TPSA) is 76.8 Å². The lowest BCUT2D eigenvalue weighted by atomic mass is 10.1. The maximum atomic E-state index is 12.4. The van der Waals surface area contributed by atoms with E-state index in [4.69, 9.17) is 13.9 Å². The highest BCUT2D eigenvalue weighted by Crippen LogP contribution is 2.36. The van der Waals surface area contributed by atoms with Crippen molar-refractivity contribution < 1.29 is 18.7 Å². The number of ether oxygens (including phenoxy) is 2. The number of benzene rings is 1. The monoisotopic (exact) mass is 385 g/mol. The van der Waals surface area contributed by atoms with Gasteiger partial charge in [0.1, 0.15) is 5.76 Å². The highest BCUT2D eigenvalue weighted by Gasteiger charge is 2.20. The van der Waals surface area contributed by atoms with E-state index >= 15 is 0 Å². The Morgan fingerprint density at radius 2 is 2.00 bits per heavy atom. The Morgan fingerprint density at radius 3 is 2.82 bits per heavy atom. The van der Waals surface area contributed by atoms with Gasteiger partial charge < -0.3 is 19.2 Å². The molecule has 1 aromatic heterocycles. The number of amides is 1. The van der Waals surface area contributed by atoms with Crippen LogP contribution in [-0.4, -0.2) is 48.3 Å². The van der Waals surface area contributed by atoms with E-state index in [-0.39, 0.29) is 19.1 Å². The maximum absolute atomic E-state index is 12.4. The molecule has 1 unspecified atom stereocenters. The normalized spacial score (nSPS) is 17.5. The van der Waals surface area contributed by atoms with Crippen molar-refractivity contribution in [1.82, 2.24) is 15.2 Å². The lowest BCUT2D eigenvalue weighted by Crippen LogP contribution is -2.44. The number of carbonyl (C=O) groups excluding carboxylic acids is 1. The van der Waals surface area contributed by atoms with Crippen molar-refractivity contribution in [2.75, 3.05) is 26.4 Å². The molecule has 0 saturated carbocycles. The third kappa shape index (κ3) is 4.14. The minimum atomic E-state index is -0.0301. The van der Waals surface area contributed by atoms with Crippen molar-refractivity contribution in [3.63, 3.8) is 0 Å². The molecule has 150 valence electrons. The Labute approximate surface area is 165 Å². The first-order valence-electron chi connectivity index (χ1n) is 9.97. The number of likely N-dealkylation sites (tertiary alicyclic amines) is 1. The fourth-order valence-corrected chi connectivity index (χ4v) is 3.71. The van der Waals surface area contributed by atoms with Gasteiger partial charge in [-0.3, -0.25) is 9.69 Å². The van der Waals surface area contributed by atoms with Crippen LogP contribution < -0.4 is 14.8 Å². The Morgan fingerprint density at radius 1 is 1.21 bits per heavy atom. The zero-order chi connectivity index (χ0) is 19.5. The zero-order valence-electron chi connectivity index (χ0n) is 16.5. The lowest BCUT2D eigenvalue weighted by Gasteiger charge is -2.32. The second-order valence-electron chi connectivity index (χ2n) is 7.52. The van der Waals surface area contributed by atoms with Crippen molar-refractivity contribution in [3.8, 4) is 23.0 Å². The van der Waals surface area contributed by atoms with Gasteiger partial charge in [0.25, 0.3) is 0 Å². The summed E-state index contributed by atoms with van der Waals surface area (Å²) in [6.45, 7) is 7.14. The molecule has 3 heterocycles. The van der Waals surface area contributed by atoms with Gasteiger partial charge in [-0.2, -0.15) is 0 Å². The van der Waals surface area contributed by atoms with Gasteiger partial charge in [0.2, 0.25) is 18.6 Å². The number of aromatic nitrogens is 1. The summed E-state index contributed by atoms with van der Waals surface area (Å²) < 4.78 is 16.5. The summed E-state index contributed by atoms with van der Waals surface area (Å²) in [7, 11) is 0. The molecule has 7 nitrogen and oxygen atoms in total. The van der Waals surface area contributed by atoms with Crippen molar-refractivity contribution >= 4 is 5.91 Å². The molecule has 0 spiro atoms. The molecule has 1 saturated heterocycles. The van der Waals surface area contributed by atoms with E-state index in [9.17, 15) is 4.79 Å². The number of hydrogen-bond acceptors (Lipinski definition) is 6. The summed E-state index contributed by atoms with van der Waals surface area (Å²) >= 11 is 0. The lowest BCUT2D eigenvalue weighted by molar-refractivity contribution is -0.120. The van der Waals surface area contributed by atoms with Gasteiger partial charge in [-0.1, -0.05) is 6.42 Å². The summed E-state index contributed by atoms with van der Waals surface area (Å²) in [5, 5.41) is 3.04. The number of oxazole rings is 1. The van der Waals surface area contributed by atoms with E-state index in [1.54, 1.807) is 0 Å². The molecule has 2 aliphatic rings. The zero-order valence-corrected chi connectivity index (χ0v) is 16.5. The highest BCUT2D eigenvalue weighted by atomic mass is 16.7. The number of rotatable bonds is 6. The molecule has 7 heteroatoms. The predicted octanol–water partition coefficient (Wildman–Crippen LogP) is 2.91. The number of nitrogens with one attached hydrogen (secondary N) is 1. The van der Waals surface area contributed by atoms with Gasteiger partial charge in [-0.05, 0) is 58.0 Å². The molecule has 1 atom stereocenters. The Kier molecular flexibility index (Phi) is 5.52. The van der Waals surface area contributed by atoms with Gasteiger partial charge >= 0.3 is 0 Å². The minimum absolute atomic E-state index is 0.0301. The Bertz CT molecular complexity index is 842. The number of hydrogen-bond donors (Lipinski definition) is 1. The first-order chi connectivity index (χ1) is 13.6. The second kappa shape index (κ2) is 8.22. The molecule has 4 rings (SSSR count). The summed E-state index contributed by atoms with van der Waals surface area (Å²) in [6, 6.07) is 5.92. The number of piperidine rings is 1. The van der Waals surface area contributed by atoms with Crippen LogP contribution in [0.3, 0.4) is 0 Å². The smallest absolute Gasteiger partial charge is 0.231 e. The van der Waals surface area contributed by atoms with Crippen LogP contribution >= 0.6 is 0 Å². The minimum Gasteiger partial charge on any atom is -0.454 e. The van der Waals surface area contributed by atoms with Crippen molar-refractivity contribution in [1.29, 1.82) is 0 Å². The molecule has 28 heavy (non-hydrogen) atoms. The molecule has 2 aliphatic heterocycles. The SMILES string of the molecule is Cc1oc(-c2ccc3c(c2)OCO3)nc1CC(=O)NCC(C)N1CCCCC1. The van der Waals surface area contributed by atoms with Crippen LogP contribution in [0, 0.1) is 6.92 Å². The molecule has 2 aromatic rings. The van der Waals surface area contributed by atoms with Gasteiger partial charge in [0.05, 0.1) is 12.1 Å². The fraction of sp³-hybridized carbons (Fsp3) is 0.524. The number of carbonyl (C=O) groups is 1. The molecular formula is C21H27N3O4. The van der Waals surface area contributed by atoms with Crippen LogP contribution in [0.25, 0.3) is 11.5 Å². The summed E-state index contributed by atoms with van der Waals surface area (Å²) in [4.78, 5) is 19.4. The number of fused-ring (bicyclic) bond motifs is 1. The molecule has 1 fully saturated rings. The average Bonchev–Trinajstić information content (AvgIpc) is 3.33. The van der Waals surface area contributed by atoms with E-state index in [1.807, 2.05) is 25.1 Å². The fourth-order valence-electron chi connectivity index (χ4n) is 3.71. The summed E-state index contributed by atoms with van der Waals surface area (Å²) in [6.07, 6.45) is 4.03. The number of nitrogens with zero attached hydrogens (tertiary/aromatic N) is 2. The van der Waals surface area contributed by atoms with E-state index in [2.05, 4.69) is 22.1 Å². The standard InChI is InChI=1S/C21H27N3O4/c1-14(24-8-4-3-5-9-24)12-22-20(25)11-17-15(2)28-21(23-17)16-6-7-18-19(10-16)27-13-26-18/h6-7,10,14H,3-5,8-9,11-13H2,1-2H3,(H,22,25). The van der Waals surface area contributed by atoms with Crippen LogP contribution in [-0.2, 0) is 11.2 Å². The molecule has 1 aromatic carbocycles. The Balaban J connectivity index is 1.35. The van der Waals surface area contributed by atoms with Gasteiger partial charge in [-0.25, -0.2) is 4.98 Å². The van der Waals surface area contributed by atoms with Crippen LogP contribution in [0.2, 0.25) is 0 Å². The van der Waals surface area contributed by atoms with Gasteiger partial charge in [0.15, 0.2) is 11.5 Å². The summed E-state index contributed by atoms with van der Waals surface area (Å²) in [5.41, 5.74) is 1.47. The summed E-state index contributed by atoms with van der Waals surface area (Å²) in [5.74, 6) is 2.51. The third-order valence-electron chi connectivity index (χ3n) is 5.45. The molecular weight excluding hydrogens is 358 g/mol. The van der Waals surface area contributed by atoms with Crippen LogP contribution in [0.5, 0.6) is 11.5 Å². The average molecular weight is 385 g/mol. The van der Waals surface area contributed by atoms with E-state index in [0.29, 0.717) is 35.7 Å². The quantitative estimate of drug-likeness (QED) is 0.824. The number of aryl methyl sites for hydroxylation is 1. The van der Waals surface area contributed by atoms with Crippen molar-refractivity contribution in [2.24, 2.45) is 0 Å². The molecule has 1 amide bonds. The maximum Gasteiger partial charge on any atom is 0.231 e. The first-order valence-corrected chi connectivity index (χ1v) is 9.97. The third-order valence-corrected chi connectivity index (χ3v) is 5.45. The van der Waals surface area contributed by atoms with Crippen LogP contribution in [0.1, 0.15) is 37.6 Å². The second-order valence-corrected chi connectivity index (χ2v) is 7.52. The van der Waals surface area contributed by atoms with E-state index in [0.717, 1.165) is 24.4 Å². The van der Waals surface area contributed by atoms with Crippen molar-refractivity contribution in [2.45, 2.75) is 45.6 Å². The van der Waals surface area contributed by atoms with E-state index < -0.39 is 0 Å². The van der Waals surface area contributed by atoms with Gasteiger partial charge in [0, 0.05) is 18.2 Å². The van der Waals surface area contributed by atoms with E-state index in [1.165, 1.54) is 19.3 Å². The largest absolute Gasteiger partial charge is 0.454 e. The van der Waals surface area contributed by atoms with Crippen LogP contribution in [0.4, 0.5) is 0 Å². The highest BCUT2D eigenvalue weighted by molar-refractivity contribution is 5.78. The molecule has 1 N–H and O–H groups in total.